The van der Waals surface area contributed by atoms with E-state index in [1.54, 1.807) is 12.1 Å². The highest BCUT2D eigenvalue weighted by molar-refractivity contribution is 6.31. The molecule has 0 unspecified atom stereocenters. The number of piperazine rings is 1. The lowest BCUT2D eigenvalue weighted by atomic mass is 10.1. The van der Waals surface area contributed by atoms with Crippen LogP contribution < -0.4 is 5.32 Å². The summed E-state index contributed by atoms with van der Waals surface area (Å²) in [5.41, 5.74) is 3.08. The molecule has 1 aromatic carbocycles. The van der Waals surface area contributed by atoms with Crippen LogP contribution in [0.15, 0.2) is 18.2 Å². The zero-order valence-corrected chi connectivity index (χ0v) is 15.2. The van der Waals surface area contributed by atoms with Crippen molar-refractivity contribution < 1.29 is 9.18 Å². The van der Waals surface area contributed by atoms with E-state index in [9.17, 15) is 9.18 Å². The largest absolute Gasteiger partial charge is 0.335 e. The summed E-state index contributed by atoms with van der Waals surface area (Å²) in [4.78, 5) is 16.8. The van der Waals surface area contributed by atoms with Crippen molar-refractivity contribution in [3.05, 3.63) is 51.6 Å². The molecule has 0 radical (unpaired) electrons. The van der Waals surface area contributed by atoms with Crippen LogP contribution in [0.3, 0.4) is 0 Å². The topological polar surface area (TPSA) is 64.3 Å². The van der Waals surface area contributed by atoms with E-state index in [0.29, 0.717) is 55.5 Å². The molecule has 0 atom stereocenters. The van der Waals surface area contributed by atoms with Crippen LogP contribution in [-0.2, 0) is 19.5 Å². The fraction of sp³-hybridized carbons (Fsp3) is 0.444. The lowest BCUT2D eigenvalue weighted by molar-refractivity contribution is 0.0620. The molecule has 0 saturated carbocycles. The number of carbonyl (C=O) groups is 1. The van der Waals surface area contributed by atoms with E-state index in [0.717, 1.165) is 24.2 Å². The van der Waals surface area contributed by atoms with Crippen molar-refractivity contribution in [1.29, 1.82) is 0 Å². The first kappa shape index (κ1) is 17.5. The van der Waals surface area contributed by atoms with Crippen LogP contribution >= 0.6 is 11.6 Å². The third-order valence-corrected chi connectivity index (χ3v) is 5.47. The van der Waals surface area contributed by atoms with Gasteiger partial charge in [0.2, 0.25) is 0 Å². The molecule has 2 aliphatic heterocycles. The van der Waals surface area contributed by atoms with Crippen molar-refractivity contribution in [2.75, 3.05) is 32.7 Å². The van der Waals surface area contributed by atoms with Crippen LogP contribution in [0, 0.1) is 5.82 Å². The van der Waals surface area contributed by atoms with Gasteiger partial charge in [0.15, 0.2) is 5.69 Å². The van der Waals surface area contributed by atoms with Gasteiger partial charge < -0.3 is 10.2 Å². The van der Waals surface area contributed by atoms with Gasteiger partial charge in [-0.1, -0.05) is 17.7 Å². The maximum Gasteiger partial charge on any atom is 0.274 e. The predicted octanol–water partition coefficient (Wildman–Crippen LogP) is 1.81. The molecule has 0 aliphatic carbocycles. The number of benzene rings is 1. The number of rotatable bonds is 3. The van der Waals surface area contributed by atoms with Gasteiger partial charge in [-0.05, 0) is 12.1 Å². The van der Waals surface area contributed by atoms with Crippen molar-refractivity contribution >= 4 is 17.5 Å². The minimum absolute atomic E-state index is 0.0326. The van der Waals surface area contributed by atoms with Crippen LogP contribution in [-0.4, -0.2) is 58.6 Å². The molecule has 0 bridgehead atoms. The van der Waals surface area contributed by atoms with E-state index in [4.69, 9.17) is 11.6 Å². The summed E-state index contributed by atoms with van der Waals surface area (Å²) in [6, 6.07) is 4.74. The molecular formula is C18H21ClFN5O. The van der Waals surface area contributed by atoms with Gasteiger partial charge >= 0.3 is 0 Å². The lowest BCUT2D eigenvalue weighted by Gasteiger charge is -2.34. The summed E-state index contributed by atoms with van der Waals surface area (Å²) in [6.45, 7) is 4.59. The van der Waals surface area contributed by atoms with Crippen LogP contribution in [0.4, 0.5) is 4.39 Å². The molecule has 6 nitrogen and oxygen atoms in total. The molecule has 0 spiro atoms. The van der Waals surface area contributed by atoms with Gasteiger partial charge in [0, 0.05) is 74.1 Å². The number of hydrogen-bond donors (Lipinski definition) is 2. The number of amides is 1. The fourth-order valence-corrected chi connectivity index (χ4v) is 3.79. The summed E-state index contributed by atoms with van der Waals surface area (Å²) in [6.07, 6.45) is 0.868. The van der Waals surface area contributed by atoms with Gasteiger partial charge in [-0.3, -0.25) is 14.8 Å². The maximum atomic E-state index is 14.0. The Labute approximate surface area is 156 Å². The summed E-state index contributed by atoms with van der Waals surface area (Å²) < 4.78 is 14.0. The smallest absolute Gasteiger partial charge is 0.274 e. The van der Waals surface area contributed by atoms with E-state index in [2.05, 4.69) is 20.4 Å². The predicted molar refractivity (Wildman–Crippen MR) is 96.6 cm³/mol. The number of nitrogens with zero attached hydrogens (tertiary/aromatic N) is 3. The van der Waals surface area contributed by atoms with Crippen molar-refractivity contribution in [3.8, 4) is 0 Å². The normalized spacial score (nSPS) is 18.0. The van der Waals surface area contributed by atoms with E-state index >= 15 is 0 Å². The standard InChI is InChI=1S/C18H21ClFN5O/c19-14-2-1-3-15(20)13(14)11-24-6-8-25(9-7-24)18(26)17-12-10-21-5-4-16(12)22-23-17/h1-3,21H,4-11H2,(H,22,23). The molecule has 1 amide bonds. The number of aromatic nitrogens is 2. The Morgan fingerprint density at radius 2 is 2.08 bits per heavy atom. The average Bonchev–Trinajstić information content (AvgIpc) is 3.09. The highest BCUT2D eigenvalue weighted by Crippen LogP contribution is 2.22. The Balaban J connectivity index is 1.39. The van der Waals surface area contributed by atoms with Gasteiger partial charge in [-0.2, -0.15) is 5.10 Å². The second kappa shape index (κ2) is 7.34. The van der Waals surface area contributed by atoms with Crippen molar-refractivity contribution in [2.24, 2.45) is 0 Å². The third-order valence-electron chi connectivity index (χ3n) is 5.11. The highest BCUT2D eigenvalue weighted by atomic mass is 35.5. The third kappa shape index (κ3) is 3.34. The number of hydrogen-bond acceptors (Lipinski definition) is 4. The molecule has 4 rings (SSSR count). The summed E-state index contributed by atoms with van der Waals surface area (Å²) >= 11 is 6.11. The molecule has 2 aliphatic rings. The first-order valence-electron chi connectivity index (χ1n) is 8.85. The molecule has 1 aromatic heterocycles. The average molecular weight is 378 g/mol. The van der Waals surface area contributed by atoms with E-state index in [1.807, 2.05) is 4.90 Å². The number of aromatic amines is 1. The van der Waals surface area contributed by atoms with E-state index in [-0.39, 0.29) is 11.7 Å². The van der Waals surface area contributed by atoms with Gasteiger partial charge in [0.1, 0.15) is 5.82 Å². The summed E-state index contributed by atoms with van der Waals surface area (Å²) in [5.74, 6) is -0.318. The first-order chi connectivity index (χ1) is 12.6. The molecular weight excluding hydrogens is 357 g/mol. The molecule has 1 saturated heterocycles. The van der Waals surface area contributed by atoms with E-state index < -0.39 is 0 Å². The van der Waals surface area contributed by atoms with Gasteiger partial charge in [-0.25, -0.2) is 4.39 Å². The Bertz CT molecular complexity index is 796. The minimum atomic E-state index is -0.286. The fourth-order valence-electron chi connectivity index (χ4n) is 3.57. The summed E-state index contributed by atoms with van der Waals surface area (Å²) in [7, 11) is 0. The van der Waals surface area contributed by atoms with Crippen LogP contribution in [0.1, 0.15) is 27.3 Å². The lowest BCUT2D eigenvalue weighted by Crippen LogP contribution is -2.48. The number of nitrogens with one attached hydrogen (secondary N) is 2. The summed E-state index contributed by atoms with van der Waals surface area (Å²) in [5, 5.41) is 11.0. The molecule has 8 heteroatoms. The Kier molecular flexibility index (Phi) is 4.93. The zero-order valence-electron chi connectivity index (χ0n) is 14.4. The molecule has 26 heavy (non-hydrogen) atoms. The van der Waals surface area contributed by atoms with Crippen molar-refractivity contribution in [1.82, 2.24) is 25.3 Å². The second-order valence-corrected chi connectivity index (χ2v) is 7.13. The second-order valence-electron chi connectivity index (χ2n) is 6.72. The maximum absolute atomic E-state index is 14.0. The highest BCUT2D eigenvalue weighted by Gasteiger charge is 2.28. The zero-order chi connectivity index (χ0) is 18.1. The van der Waals surface area contributed by atoms with Gasteiger partial charge in [0.05, 0.1) is 0 Å². The van der Waals surface area contributed by atoms with Crippen molar-refractivity contribution in [3.63, 3.8) is 0 Å². The molecule has 138 valence electrons. The Hall–Kier alpha value is -1.96. The Morgan fingerprint density at radius 1 is 1.27 bits per heavy atom. The van der Waals surface area contributed by atoms with Crippen LogP contribution in [0.2, 0.25) is 5.02 Å². The Morgan fingerprint density at radius 3 is 2.85 bits per heavy atom. The molecule has 1 fully saturated rings. The monoisotopic (exact) mass is 377 g/mol. The number of H-pyrrole nitrogens is 1. The quantitative estimate of drug-likeness (QED) is 0.856. The molecule has 2 N–H and O–H groups in total. The van der Waals surface area contributed by atoms with Crippen LogP contribution in [0.5, 0.6) is 0 Å². The SMILES string of the molecule is O=C(c1n[nH]c2c1CNCC2)N1CCN(Cc2c(F)cccc2Cl)CC1. The molecule has 2 aromatic rings. The van der Waals surface area contributed by atoms with Gasteiger partial charge in [0.25, 0.3) is 5.91 Å². The number of fused-ring (bicyclic) bond motifs is 1. The first-order valence-corrected chi connectivity index (χ1v) is 9.22. The minimum Gasteiger partial charge on any atom is -0.335 e. The number of halogens is 2. The van der Waals surface area contributed by atoms with Crippen molar-refractivity contribution in [2.45, 2.75) is 19.5 Å². The van der Waals surface area contributed by atoms with E-state index in [1.165, 1.54) is 6.07 Å². The van der Waals surface area contributed by atoms with Crippen LogP contribution in [0.25, 0.3) is 0 Å². The molecule has 3 heterocycles. The number of carbonyl (C=O) groups excluding carboxylic acids is 1. The van der Waals surface area contributed by atoms with Gasteiger partial charge in [-0.15, -0.1) is 0 Å².